The SMILES string of the molecule is CONC(=O)C(=O)Nc1cccc(Br)c1. The van der Waals surface area contributed by atoms with Gasteiger partial charge >= 0.3 is 11.8 Å². The second kappa shape index (κ2) is 5.47. The fourth-order valence-electron chi connectivity index (χ4n) is 0.893. The van der Waals surface area contributed by atoms with Gasteiger partial charge in [-0.15, -0.1) is 0 Å². The molecule has 0 radical (unpaired) electrons. The molecule has 0 unspecified atom stereocenters. The molecule has 1 aromatic carbocycles. The molecule has 0 fully saturated rings. The summed E-state index contributed by atoms with van der Waals surface area (Å²) in [4.78, 5) is 26.5. The van der Waals surface area contributed by atoms with Gasteiger partial charge in [-0.25, -0.2) is 5.48 Å². The van der Waals surface area contributed by atoms with Gasteiger partial charge in [0.05, 0.1) is 7.11 Å². The van der Waals surface area contributed by atoms with Crippen molar-refractivity contribution in [3.05, 3.63) is 28.7 Å². The van der Waals surface area contributed by atoms with Gasteiger partial charge in [-0.05, 0) is 18.2 Å². The number of carbonyl (C=O) groups is 2. The normalized spacial score (nSPS) is 9.47. The average Bonchev–Trinajstić information content (AvgIpc) is 2.18. The third-order valence-corrected chi connectivity index (χ3v) is 1.98. The molecule has 80 valence electrons. The van der Waals surface area contributed by atoms with E-state index in [0.29, 0.717) is 5.69 Å². The molecule has 0 aromatic heterocycles. The first-order chi connectivity index (χ1) is 7.13. The van der Waals surface area contributed by atoms with Crippen LogP contribution in [0.2, 0.25) is 0 Å². The van der Waals surface area contributed by atoms with Gasteiger partial charge < -0.3 is 5.32 Å². The van der Waals surface area contributed by atoms with Crippen LogP contribution in [0, 0.1) is 0 Å². The van der Waals surface area contributed by atoms with Crippen LogP contribution in [0.15, 0.2) is 28.7 Å². The van der Waals surface area contributed by atoms with Gasteiger partial charge in [0.1, 0.15) is 0 Å². The van der Waals surface area contributed by atoms with E-state index in [1.54, 1.807) is 18.2 Å². The van der Waals surface area contributed by atoms with Gasteiger partial charge in [-0.2, -0.15) is 0 Å². The summed E-state index contributed by atoms with van der Waals surface area (Å²) in [6, 6.07) is 6.90. The first-order valence-corrected chi connectivity index (χ1v) is 4.82. The van der Waals surface area contributed by atoms with Crippen molar-refractivity contribution < 1.29 is 14.4 Å². The highest BCUT2D eigenvalue weighted by molar-refractivity contribution is 9.10. The Hall–Kier alpha value is -1.40. The molecule has 2 N–H and O–H groups in total. The third kappa shape index (κ3) is 3.69. The van der Waals surface area contributed by atoms with E-state index >= 15 is 0 Å². The Balaban J connectivity index is 2.62. The van der Waals surface area contributed by atoms with Gasteiger partial charge in [0.25, 0.3) is 0 Å². The van der Waals surface area contributed by atoms with Gasteiger partial charge in [0.2, 0.25) is 0 Å². The van der Waals surface area contributed by atoms with Crippen LogP contribution in [0.25, 0.3) is 0 Å². The number of benzene rings is 1. The number of hydrogen-bond acceptors (Lipinski definition) is 3. The third-order valence-electron chi connectivity index (χ3n) is 1.48. The van der Waals surface area contributed by atoms with E-state index in [1.165, 1.54) is 7.11 Å². The highest BCUT2D eigenvalue weighted by Crippen LogP contribution is 2.15. The fourth-order valence-corrected chi connectivity index (χ4v) is 1.29. The standard InChI is InChI=1S/C9H9BrN2O3/c1-15-12-9(14)8(13)11-7-4-2-3-6(10)5-7/h2-5H,1H3,(H,11,13)(H,12,14). The lowest BCUT2D eigenvalue weighted by Crippen LogP contribution is -2.34. The Labute approximate surface area is 94.9 Å². The minimum Gasteiger partial charge on any atom is -0.318 e. The maximum absolute atomic E-state index is 11.2. The molecule has 0 aliphatic rings. The van der Waals surface area contributed by atoms with Crippen molar-refractivity contribution in [2.24, 2.45) is 0 Å². The monoisotopic (exact) mass is 272 g/mol. The Morgan fingerprint density at radius 3 is 2.67 bits per heavy atom. The molecule has 0 bridgehead atoms. The van der Waals surface area contributed by atoms with E-state index < -0.39 is 11.8 Å². The Morgan fingerprint density at radius 2 is 2.07 bits per heavy atom. The molecule has 0 saturated carbocycles. The minimum absolute atomic E-state index is 0.528. The molecule has 0 heterocycles. The summed E-state index contributed by atoms with van der Waals surface area (Å²) in [7, 11) is 1.25. The summed E-state index contributed by atoms with van der Waals surface area (Å²) < 4.78 is 0.812. The zero-order valence-corrected chi connectivity index (χ0v) is 9.50. The number of anilines is 1. The Bertz CT molecular complexity index is 381. The van der Waals surface area contributed by atoms with E-state index in [4.69, 9.17) is 0 Å². The molecule has 0 saturated heterocycles. The topological polar surface area (TPSA) is 67.4 Å². The molecule has 0 spiro atoms. The molecule has 15 heavy (non-hydrogen) atoms. The second-order valence-electron chi connectivity index (χ2n) is 2.60. The van der Waals surface area contributed by atoms with E-state index in [0.717, 1.165) is 4.47 Å². The van der Waals surface area contributed by atoms with Gasteiger partial charge in [-0.1, -0.05) is 22.0 Å². The van der Waals surface area contributed by atoms with Gasteiger partial charge in [0.15, 0.2) is 0 Å². The zero-order chi connectivity index (χ0) is 11.3. The molecule has 0 aliphatic heterocycles. The van der Waals surface area contributed by atoms with Crippen LogP contribution in [-0.2, 0) is 14.4 Å². The molecular weight excluding hydrogens is 264 g/mol. The zero-order valence-electron chi connectivity index (χ0n) is 7.91. The summed E-state index contributed by atoms with van der Waals surface area (Å²) in [5.41, 5.74) is 2.45. The predicted molar refractivity (Wildman–Crippen MR) is 57.9 cm³/mol. The highest BCUT2D eigenvalue weighted by atomic mass is 79.9. The Morgan fingerprint density at radius 1 is 1.33 bits per heavy atom. The molecule has 0 atom stereocenters. The predicted octanol–water partition coefficient (Wildman–Crippen LogP) is 1.07. The van der Waals surface area contributed by atoms with Crippen LogP contribution in [0.4, 0.5) is 5.69 Å². The minimum atomic E-state index is -0.850. The van der Waals surface area contributed by atoms with Crippen molar-refractivity contribution in [2.45, 2.75) is 0 Å². The summed E-state index contributed by atoms with van der Waals surface area (Å²) >= 11 is 3.24. The average molecular weight is 273 g/mol. The smallest absolute Gasteiger partial charge is 0.318 e. The summed E-state index contributed by atoms with van der Waals surface area (Å²) in [5.74, 6) is -1.63. The maximum Gasteiger partial charge on any atom is 0.333 e. The fraction of sp³-hybridized carbons (Fsp3) is 0.111. The molecule has 6 heteroatoms. The molecule has 1 aromatic rings. The number of halogens is 1. The van der Waals surface area contributed by atoms with E-state index in [9.17, 15) is 9.59 Å². The number of hydrogen-bond donors (Lipinski definition) is 2. The highest BCUT2D eigenvalue weighted by Gasteiger charge is 2.12. The molecule has 5 nitrogen and oxygen atoms in total. The number of amides is 2. The van der Waals surface area contributed by atoms with Crippen molar-refractivity contribution in [3.8, 4) is 0 Å². The lowest BCUT2D eigenvalue weighted by Gasteiger charge is -2.04. The van der Waals surface area contributed by atoms with Crippen molar-refractivity contribution >= 4 is 33.4 Å². The lowest BCUT2D eigenvalue weighted by atomic mass is 10.3. The molecular formula is C9H9BrN2O3. The second-order valence-corrected chi connectivity index (χ2v) is 3.52. The van der Waals surface area contributed by atoms with Gasteiger partial charge in [0, 0.05) is 10.2 Å². The van der Waals surface area contributed by atoms with Crippen LogP contribution < -0.4 is 10.8 Å². The molecule has 1 rings (SSSR count). The van der Waals surface area contributed by atoms with Crippen molar-refractivity contribution in [1.29, 1.82) is 0 Å². The lowest BCUT2D eigenvalue weighted by molar-refractivity contribution is -0.142. The number of nitrogens with one attached hydrogen (secondary N) is 2. The van der Waals surface area contributed by atoms with Crippen LogP contribution >= 0.6 is 15.9 Å². The largest absolute Gasteiger partial charge is 0.333 e. The maximum atomic E-state index is 11.2. The van der Waals surface area contributed by atoms with Crippen LogP contribution in [-0.4, -0.2) is 18.9 Å². The molecule has 0 aliphatic carbocycles. The first-order valence-electron chi connectivity index (χ1n) is 4.03. The molecule has 2 amide bonds. The summed E-state index contributed by atoms with van der Waals surface area (Å²) in [6.07, 6.45) is 0. The van der Waals surface area contributed by atoms with Crippen LogP contribution in [0.1, 0.15) is 0 Å². The van der Waals surface area contributed by atoms with Crippen LogP contribution in [0.5, 0.6) is 0 Å². The summed E-state index contributed by atoms with van der Waals surface area (Å²) in [5, 5.41) is 2.41. The summed E-state index contributed by atoms with van der Waals surface area (Å²) in [6.45, 7) is 0. The quantitative estimate of drug-likeness (QED) is 0.625. The number of rotatable bonds is 2. The van der Waals surface area contributed by atoms with Crippen molar-refractivity contribution in [2.75, 3.05) is 12.4 Å². The van der Waals surface area contributed by atoms with E-state index in [-0.39, 0.29) is 0 Å². The van der Waals surface area contributed by atoms with Crippen LogP contribution in [0.3, 0.4) is 0 Å². The number of hydroxylamine groups is 1. The van der Waals surface area contributed by atoms with E-state index in [2.05, 4.69) is 26.1 Å². The van der Waals surface area contributed by atoms with Crippen molar-refractivity contribution in [3.63, 3.8) is 0 Å². The Kier molecular flexibility index (Phi) is 4.26. The first kappa shape index (κ1) is 11.7. The van der Waals surface area contributed by atoms with Crippen molar-refractivity contribution in [1.82, 2.24) is 5.48 Å². The van der Waals surface area contributed by atoms with E-state index in [1.807, 2.05) is 11.5 Å². The number of carbonyl (C=O) groups excluding carboxylic acids is 2. The van der Waals surface area contributed by atoms with Gasteiger partial charge in [-0.3, -0.25) is 14.4 Å².